The van der Waals surface area contributed by atoms with Crippen molar-refractivity contribution in [1.82, 2.24) is 0 Å². The summed E-state index contributed by atoms with van der Waals surface area (Å²) in [5, 5.41) is 12.3. The first-order valence-electron chi connectivity index (χ1n) is 8.22. The molecular weight excluding hydrogens is 316 g/mol. The number of anilines is 1. The maximum Gasteiger partial charge on any atom is 0.235 e. The molecule has 0 saturated carbocycles. The van der Waals surface area contributed by atoms with Gasteiger partial charge in [0.15, 0.2) is 0 Å². The summed E-state index contributed by atoms with van der Waals surface area (Å²) in [6, 6.07) is 16.9. The first-order chi connectivity index (χ1) is 12.2. The average molecular weight is 336 g/mol. The van der Waals surface area contributed by atoms with E-state index >= 15 is 0 Å². The van der Waals surface area contributed by atoms with Gasteiger partial charge in [-0.2, -0.15) is 5.26 Å². The lowest BCUT2D eigenvalue weighted by molar-refractivity contribution is -0.125. The monoisotopic (exact) mass is 336 g/mol. The number of hydrogen-bond acceptors (Lipinski definition) is 4. The van der Waals surface area contributed by atoms with Crippen molar-refractivity contribution in [1.29, 1.82) is 5.26 Å². The smallest absolute Gasteiger partial charge is 0.235 e. The van der Waals surface area contributed by atoms with E-state index in [4.69, 9.17) is 9.47 Å². The summed E-state index contributed by atoms with van der Waals surface area (Å²) >= 11 is 0. The molecule has 5 nitrogen and oxygen atoms in total. The number of nitrogens with one attached hydrogen (secondary N) is 1. The van der Waals surface area contributed by atoms with Gasteiger partial charge >= 0.3 is 0 Å². The van der Waals surface area contributed by atoms with Crippen LogP contribution in [0.15, 0.2) is 48.5 Å². The van der Waals surface area contributed by atoms with E-state index in [0.717, 1.165) is 5.56 Å². The number of rotatable bonds is 4. The van der Waals surface area contributed by atoms with Crippen LogP contribution in [-0.2, 0) is 14.9 Å². The van der Waals surface area contributed by atoms with Gasteiger partial charge in [0.05, 0.1) is 23.8 Å². The van der Waals surface area contributed by atoms with Gasteiger partial charge in [0, 0.05) is 13.2 Å². The maximum atomic E-state index is 13.2. The number of amides is 1. The minimum atomic E-state index is -0.647. The molecule has 3 rings (SSSR count). The van der Waals surface area contributed by atoms with Crippen LogP contribution in [0.2, 0.25) is 0 Å². The second kappa shape index (κ2) is 7.37. The van der Waals surface area contributed by atoms with E-state index in [-0.39, 0.29) is 5.91 Å². The van der Waals surface area contributed by atoms with Crippen LogP contribution in [0.4, 0.5) is 5.69 Å². The Kier molecular flexibility index (Phi) is 5.01. The Bertz CT molecular complexity index is 790. The Hall–Kier alpha value is -2.84. The molecule has 0 aromatic heterocycles. The summed E-state index contributed by atoms with van der Waals surface area (Å²) in [7, 11) is 1.54. The van der Waals surface area contributed by atoms with Crippen molar-refractivity contribution < 1.29 is 14.3 Å². The Balaban J connectivity index is 1.93. The summed E-state index contributed by atoms with van der Waals surface area (Å²) in [5.74, 6) is 0.474. The van der Waals surface area contributed by atoms with Crippen LogP contribution in [0, 0.1) is 11.3 Å². The predicted octanol–water partition coefficient (Wildman–Crippen LogP) is 3.25. The minimum absolute atomic E-state index is 0.108. The Morgan fingerprint density at radius 3 is 2.56 bits per heavy atom. The number of benzene rings is 2. The van der Waals surface area contributed by atoms with Crippen LogP contribution in [0.3, 0.4) is 0 Å². The van der Waals surface area contributed by atoms with Crippen LogP contribution in [0.1, 0.15) is 24.0 Å². The van der Waals surface area contributed by atoms with E-state index in [2.05, 4.69) is 11.4 Å². The van der Waals surface area contributed by atoms with E-state index in [9.17, 15) is 10.1 Å². The van der Waals surface area contributed by atoms with Crippen molar-refractivity contribution in [2.45, 2.75) is 18.3 Å². The molecule has 128 valence electrons. The minimum Gasteiger partial charge on any atom is -0.497 e. The second-order valence-electron chi connectivity index (χ2n) is 6.04. The molecular formula is C20H20N2O3. The van der Waals surface area contributed by atoms with Gasteiger partial charge in [-0.05, 0) is 36.6 Å². The number of ether oxygens (including phenoxy) is 2. The molecule has 1 saturated heterocycles. The van der Waals surface area contributed by atoms with Gasteiger partial charge < -0.3 is 14.8 Å². The number of hydrogen-bond donors (Lipinski definition) is 1. The van der Waals surface area contributed by atoms with Crippen LogP contribution < -0.4 is 10.1 Å². The second-order valence-corrected chi connectivity index (χ2v) is 6.04. The molecule has 0 aliphatic carbocycles. The van der Waals surface area contributed by atoms with E-state index in [1.807, 2.05) is 30.3 Å². The van der Waals surface area contributed by atoms with E-state index < -0.39 is 5.41 Å². The highest BCUT2D eigenvalue weighted by Gasteiger charge is 2.41. The first kappa shape index (κ1) is 17.0. The summed E-state index contributed by atoms with van der Waals surface area (Å²) in [4.78, 5) is 13.2. The Morgan fingerprint density at radius 2 is 1.92 bits per heavy atom. The predicted molar refractivity (Wildman–Crippen MR) is 94.5 cm³/mol. The molecule has 0 bridgehead atoms. The molecule has 1 fully saturated rings. The Labute approximate surface area is 147 Å². The van der Waals surface area contributed by atoms with E-state index in [1.54, 1.807) is 25.3 Å². The zero-order chi connectivity index (χ0) is 17.7. The molecule has 1 aliphatic heterocycles. The molecule has 5 heteroatoms. The summed E-state index contributed by atoms with van der Waals surface area (Å²) in [6.07, 6.45) is 1.22. The van der Waals surface area contributed by atoms with Crippen molar-refractivity contribution in [2.75, 3.05) is 25.6 Å². The highest BCUT2D eigenvalue weighted by molar-refractivity contribution is 6.00. The normalized spacial score (nSPS) is 15.8. The molecule has 1 N–H and O–H groups in total. The van der Waals surface area contributed by atoms with Gasteiger partial charge in [-0.25, -0.2) is 0 Å². The Morgan fingerprint density at radius 1 is 1.20 bits per heavy atom. The molecule has 1 amide bonds. The fourth-order valence-electron chi connectivity index (χ4n) is 3.22. The zero-order valence-corrected chi connectivity index (χ0v) is 14.1. The number of nitrogens with zero attached hydrogens (tertiary/aromatic N) is 1. The van der Waals surface area contributed by atoms with E-state index in [1.165, 1.54) is 0 Å². The summed E-state index contributed by atoms with van der Waals surface area (Å²) in [6.45, 7) is 1.08. The third-order valence-electron chi connectivity index (χ3n) is 4.70. The van der Waals surface area contributed by atoms with Crippen LogP contribution in [0.25, 0.3) is 0 Å². The number of carbonyl (C=O) groups is 1. The lowest BCUT2D eigenvalue weighted by Gasteiger charge is -2.36. The van der Waals surface area contributed by atoms with Crippen molar-refractivity contribution in [3.8, 4) is 11.8 Å². The molecule has 25 heavy (non-hydrogen) atoms. The molecule has 1 aliphatic rings. The fraction of sp³-hybridized carbons (Fsp3) is 0.300. The van der Waals surface area contributed by atoms with Gasteiger partial charge in [0.1, 0.15) is 11.8 Å². The SMILES string of the molecule is COc1ccc(NC(=O)C2(c3ccccc3)CCOCC2)c(C#N)c1. The van der Waals surface area contributed by atoms with Gasteiger partial charge in [-0.1, -0.05) is 30.3 Å². The zero-order valence-electron chi connectivity index (χ0n) is 14.1. The molecule has 1 heterocycles. The largest absolute Gasteiger partial charge is 0.497 e. The fourth-order valence-corrected chi connectivity index (χ4v) is 3.22. The van der Waals surface area contributed by atoms with Crippen molar-refractivity contribution in [3.63, 3.8) is 0 Å². The highest BCUT2D eigenvalue weighted by Crippen LogP contribution is 2.36. The third-order valence-corrected chi connectivity index (χ3v) is 4.70. The molecule has 2 aromatic rings. The van der Waals surface area contributed by atoms with Crippen molar-refractivity contribution >= 4 is 11.6 Å². The standard InChI is InChI=1S/C20H20N2O3/c1-24-17-7-8-18(15(13-17)14-21)22-19(23)20(9-11-25-12-10-20)16-5-3-2-4-6-16/h2-8,13H,9-12H2,1H3,(H,22,23). The first-order valence-corrected chi connectivity index (χ1v) is 8.22. The van der Waals surface area contributed by atoms with Crippen LogP contribution >= 0.6 is 0 Å². The maximum absolute atomic E-state index is 13.2. The molecule has 2 aromatic carbocycles. The molecule has 0 atom stereocenters. The summed E-state index contributed by atoms with van der Waals surface area (Å²) in [5.41, 5.74) is 1.20. The van der Waals surface area contributed by atoms with E-state index in [0.29, 0.717) is 43.1 Å². The lowest BCUT2D eigenvalue weighted by atomic mass is 9.73. The van der Waals surface area contributed by atoms with Crippen molar-refractivity contribution in [2.24, 2.45) is 0 Å². The van der Waals surface area contributed by atoms with Crippen LogP contribution in [0.5, 0.6) is 5.75 Å². The number of nitriles is 1. The third kappa shape index (κ3) is 3.35. The van der Waals surface area contributed by atoms with Gasteiger partial charge in [0.25, 0.3) is 0 Å². The summed E-state index contributed by atoms with van der Waals surface area (Å²) < 4.78 is 10.6. The van der Waals surface area contributed by atoms with Crippen molar-refractivity contribution in [3.05, 3.63) is 59.7 Å². The van der Waals surface area contributed by atoms with Gasteiger partial charge in [0.2, 0.25) is 5.91 Å². The van der Waals surface area contributed by atoms with Crippen LogP contribution in [-0.4, -0.2) is 26.2 Å². The molecule has 0 spiro atoms. The highest BCUT2D eigenvalue weighted by atomic mass is 16.5. The lowest BCUT2D eigenvalue weighted by Crippen LogP contribution is -2.44. The topological polar surface area (TPSA) is 71.3 Å². The number of carbonyl (C=O) groups excluding carboxylic acids is 1. The molecule has 0 unspecified atom stereocenters. The average Bonchev–Trinajstić information content (AvgIpc) is 2.69. The van der Waals surface area contributed by atoms with Gasteiger partial charge in [-0.3, -0.25) is 4.79 Å². The number of methoxy groups -OCH3 is 1. The molecule has 0 radical (unpaired) electrons. The quantitative estimate of drug-likeness (QED) is 0.930. The van der Waals surface area contributed by atoms with Gasteiger partial charge in [-0.15, -0.1) is 0 Å².